The summed E-state index contributed by atoms with van der Waals surface area (Å²) in [5.74, 6) is 1.79. The van der Waals surface area contributed by atoms with Gasteiger partial charge in [0, 0.05) is 19.1 Å². The lowest BCUT2D eigenvalue weighted by molar-refractivity contribution is 0.254. The van der Waals surface area contributed by atoms with Gasteiger partial charge in [-0.15, -0.1) is 0 Å². The van der Waals surface area contributed by atoms with Crippen LogP contribution in [0.15, 0.2) is 24.3 Å². The molecule has 1 aliphatic carbocycles. The molecule has 2 rings (SSSR count). The van der Waals surface area contributed by atoms with E-state index in [0.717, 1.165) is 24.8 Å². The summed E-state index contributed by atoms with van der Waals surface area (Å²) >= 11 is 0. The van der Waals surface area contributed by atoms with Gasteiger partial charge in [0.15, 0.2) is 0 Å². The van der Waals surface area contributed by atoms with Crippen molar-refractivity contribution in [3.8, 4) is 5.75 Å². The quantitative estimate of drug-likeness (QED) is 0.804. The zero-order chi connectivity index (χ0) is 13.0. The summed E-state index contributed by atoms with van der Waals surface area (Å²) in [7, 11) is 2.11. The summed E-state index contributed by atoms with van der Waals surface area (Å²) in [6.07, 6.45) is 2.67. The third-order valence-corrected chi connectivity index (χ3v) is 3.63. The summed E-state index contributed by atoms with van der Waals surface area (Å²) in [5.41, 5.74) is 6.97. The van der Waals surface area contributed by atoms with Gasteiger partial charge in [-0.1, -0.05) is 12.1 Å². The normalized spacial score (nSPS) is 16.9. The molecule has 0 heterocycles. The van der Waals surface area contributed by atoms with Gasteiger partial charge >= 0.3 is 0 Å². The van der Waals surface area contributed by atoms with Gasteiger partial charge in [0.1, 0.15) is 5.75 Å². The molecule has 1 saturated carbocycles. The maximum Gasteiger partial charge on any atom is 0.119 e. The molecule has 1 aliphatic rings. The Balaban J connectivity index is 1.82. The lowest BCUT2D eigenvalue weighted by atomic mass is 10.2. The largest absolute Gasteiger partial charge is 0.493 e. The minimum atomic E-state index is 0.413. The molecule has 1 atom stereocenters. The van der Waals surface area contributed by atoms with Crippen molar-refractivity contribution in [2.45, 2.75) is 32.4 Å². The number of likely N-dealkylation sites (N-methyl/N-ethyl adjacent to an activating group) is 1. The monoisotopic (exact) mass is 248 g/mol. The van der Waals surface area contributed by atoms with Crippen LogP contribution in [-0.4, -0.2) is 31.1 Å². The van der Waals surface area contributed by atoms with E-state index in [1.807, 2.05) is 0 Å². The molecule has 0 spiro atoms. The first-order valence-electron chi connectivity index (χ1n) is 6.81. The maximum atomic E-state index is 5.72. The molecular formula is C15H24N2O. The fourth-order valence-electron chi connectivity index (χ4n) is 1.81. The predicted octanol–water partition coefficient (Wildman–Crippen LogP) is 2.25. The van der Waals surface area contributed by atoms with Crippen LogP contribution in [0.5, 0.6) is 5.75 Å². The standard InChI is InChI=1S/C15H24N2O/c1-12(9-16)17(2)10-13-5-7-15(8-6-13)18-11-14-3-4-14/h5-8,12,14H,3-4,9-11,16H2,1-2H3. The molecule has 18 heavy (non-hydrogen) atoms. The summed E-state index contributed by atoms with van der Waals surface area (Å²) in [6.45, 7) is 4.65. The number of rotatable bonds is 7. The highest BCUT2D eigenvalue weighted by molar-refractivity contribution is 5.27. The van der Waals surface area contributed by atoms with Gasteiger partial charge in [0.05, 0.1) is 6.61 Å². The van der Waals surface area contributed by atoms with E-state index in [2.05, 4.69) is 43.1 Å². The van der Waals surface area contributed by atoms with E-state index >= 15 is 0 Å². The van der Waals surface area contributed by atoms with Gasteiger partial charge < -0.3 is 10.5 Å². The van der Waals surface area contributed by atoms with Crippen molar-refractivity contribution in [3.63, 3.8) is 0 Å². The van der Waals surface area contributed by atoms with Gasteiger partial charge in [-0.25, -0.2) is 0 Å². The lowest BCUT2D eigenvalue weighted by Crippen LogP contribution is -2.34. The average molecular weight is 248 g/mol. The highest BCUT2D eigenvalue weighted by Gasteiger charge is 2.21. The molecule has 0 saturated heterocycles. The number of nitrogens with zero attached hydrogens (tertiary/aromatic N) is 1. The number of hydrogen-bond acceptors (Lipinski definition) is 3. The minimum Gasteiger partial charge on any atom is -0.493 e. The van der Waals surface area contributed by atoms with Crippen LogP contribution in [0.1, 0.15) is 25.3 Å². The minimum absolute atomic E-state index is 0.413. The van der Waals surface area contributed by atoms with Crippen LogP contribution < -0.4 is 10.5 Å². The first kappa shape index (κ1) is 13.4. The molecule has 1 aromatic carbocycles. The van der Waals surface area contributed by atoms with Crippen molar-refractivity contribution in [3.05, 3.63) is 29.8 Å². The molecule has 0 bridgehead atoms. The molecular weight excluding hydrogens is 224 g/mol. The van der Waals surface area contributed by atoms with Gasteiger partial charge in [-0.3, -0.25) is 4.90 Å². The Hall–Kier alpha value is -1.06. The molecule has 3 heteroatoms. The molecule has 2 N–H and O–H groups in total. The van der Waals surface area contributed by atoms with Gasteiger partial charge in [-0.05, 0) is 50.4 Å². The molecule has 100 valence electrons. The van der Waals surface area contributed by atoms with Crippen molar-refractivity contribution in [1.82, 2.24) is 4.90 Å². The van der Waals surface area contributed by atoms with Crippen molar-refractivity contribution in [1.29, 1.82) is 0 Å². The van der Waals surface area contributed by atoms with Crippen molar-refractivity contribution in [2.24, 2.45) is 11.7 Å². The summed E-state index contributed by atoms with van der Waals surface area (Å²) in [5, 5.41) is 0. The Morgan fingerprint density at radius 1 is 1.33 bits per heavy atom. The fraction of sp³-hybridized carbons (Fsp3) is 0.600. The SMILES string of the molecule is CC(CN)N(C)Cc1ccc(OCC2CC2)cc1. The fourth-order valence-corrected chi connectivity index (χ4v) is 1.81. The molecule has 0 aromatic heterocycles. The Morgan fingerprint density at radius 3 is 2.56 bits per heavy atom. The number of hydrogen-bond donors (Lipinski definition) is 1. The molecule has 0 amide bonds. The topological polar surface area (TPSA) is 38.5 Å². The van der Waals surface area contributed by atoms with E-state index in [0.29, 0.717) is 12.6 Å². The molecule has 3 nitrogen and oxygen atoms in total. The second kappa shape index (κ2) is 6.21. The van der Waals surface area contributed by atoms with Crippen LogP contribution in [0, 0.1) is 5.92 Å². The Kier molecular flexibility index (Phi) is 4.61. The van der Waals surface area contributed by atoms with Crippen LogP contribution in [0.3, 0.4) is 0 Å². The van der Waals surface area contributed by atoms with E-state index in [1.54, 1.807) is 0 Å². The highest BCUT2D eigenvalue weighted by Crippen LogP contribution is 2.29. The van der Waals surface area contributed by atoms with Gasteiger partial charge in [0.25, 0.3) is 0 Å². The van der Waals surface area contributed by atoms with Crippen molar-refractivity contribution >= 4 is 0 Å². The van der Waals surface area contributed by atoms with E-state index in [-0.39, 0.29) is 0 Å². The number of benzene rings is 1. The molecule has 1 aromatic rings. The Morgan fingerprint density at radius 2 is 2.00 bits per heavy atom. The van der Waals surface area contributed by atoms with Crippen LogP contribution in [0.4, 0.5) is 0 Å². The lowest BCUT2D eigenvalue weighted by Gasteiger charge is -2.23. The second-order valence-corrected chi connectivity index (χ2v) is 5.40. The first-order valence-corrected chi connectivity index (χ1v) is 6.81. The van der Waals surface area contributed by atoms with Gasteiger partial charge in [0.2, 0.25) is 0 Å². The first-order chi connectivity index (χ1) is 8.69. The van der Waals surface area contributed by atoms with Crippen LogP contribution >= 0.6 is 0 Å². The molecule has 1 unspecified atom stereocenters. The maximum absolute atomic E-state index is 5.72. The zero-order valence-corrected chi connectivity index (χ0v) is 11.4. The second-order valence-electron chi connectivity index (χ2n) is 5.40. The van der Waals surface area contributed by atoms with Crippen LogP contribution in [0.25, 0.3) is 0 Å². The van der Waals surface area contributed by atoms with Crippen LogP contribution in [-0.2, 0) is 6.54 Å². The van der Waals surface area contributed by atoms with E-state index in [1.165, 1.54) is 18.4 Å². The number of nitrogens with two attached hydrogens (primary N) is 1. The van der Waals surface area contributed by atoms with E-state index < -0.39 is 0 Å². The molecule has 0 aliphatic heterocycles. The summed E-state index contributed by atoms with van der Waals surface area (Å²) in [6, 6.07) is 8.83. The van der Waals surface area contributed by atoms with Crippen LogP contribution in [0.2, 0.25) is 0 Å². The Bertz CT molecular complexity index is 359. The van der Waals surface area contributed by atoms with E-state index in [4.69, 9.17) is 10.5 Å². The third kappa shape index (κ3) is 4.00. The zero-order valence-electron chi connectivity index (χ0n) is 11.4. The molecule has 1 fully saturated rings. The number of ether oxygens (including phenoxy) is 1. The Labute approximate surface area is 110 Å². The smallest absolute Gasteiger partial charge is 0.119 e. The summed E-state index contributed by atoms with van der Waals surface area (Å²) < 4.78 is 5.72. The summed E-state index contributed by atoms with van der Waals surface area (Å²) in [4.78, 5) is 2.26. The highest BCUT2D eigenvalue weighted by atomic mass is 16.5. The van der Waals surface area contributed by atoms with Crippen molar-refractivity contribution in [2.75, 3.05) is 20.2 Å². The predicted molar refractivity (Wildman–Crippen MR) is 74.6 cm³/mol. The third-order valence-electron chi connectivity index (χ3n) is 3.63. The van der Waals surface area contributed by atoms with Crippen molar-refractivity contribution < 1.29 is 4.74 Å². The van der Waals surface area contributed by atoms with Gasteiger partial charge in [-0.2, -0.15) is 0 Å². The van der Waals surface area contributed by atoms with E-state index in [9.17, 15) is 0 Å². The molecule has 0 radical (unpaired) electrons. The average Bonchev–Trinajstić information content (AvgIpc) is 3.21.